The van der Waals surface area contributed by atoms with Gasteiger partial charge in [-0.15, -0.1) is 0 Å². The predicted octanol–water partition coefficient (Wildman–Crippen LogP) is 1.47. The van der Waals surface area contributed by atoms with E-state index in [1.807, 2.05) is 7.05 Å². The number of carbonyl (C=O) groups is 1. The smallest absolute Gasteiger partial charge is 0.267 e. The first-order valence-corrected chi connectivity index (χ1v) is 8.46. The van der Waals surface area contributed by atoms with Crippen molar-refractivity contribution in [2.45, 2.75) is 31.7 Å². The molecule has 1 saturated carbocycles. The largest absolute Gasteiger partial charge is 0.382 e. The van der Waals surface area contributed by atoms with Gasteiger partial charge in [-0.2, -0.15) is 0 Å². The molecule has 3 rings (SSSR count). The summed E-state index contributed by atoms with van der Waals surface area (Å²) in [6.45, 7) is 3.98. The van der Waals surface area contributed by atoms with Crippen LogP contribution >= 0.6 is 11.3 Å². The van der Waals surface area contributed by atoms with Crippen LogP contribution in [0.5, 0.6) is 0 Å². The fourth-order valence-corrected chi connectivity index (χ4v) is 3.48. The Balaban J connectivity index is 1.56. The summed E-state index contributed by atoms with van der Waals surface area (Å²) in [5.74, 6) is 0.328. The molecular weight excluding hydrogens is 286 g/mol. The van der Waals surface area contributed by atoms with E-state index >= 15 is 0 Å². The van der Waals surface area contributed by atoms with Crippen LogP contribution in [0.4, 0.5) is 10.9 Å². The molecule has 116 valence electrons. The molecule has 1 saturated heterocycles. The summed E-state index contributed by atoms with van der Waals surface area (Å²) >= 11 is 1.37. The minimum absolute atomic E-state index is 0.0203. The fourth-order valence-electron chi connectivity index (χ4n) is 2.52. The normalized spacial score (nSPS) is 18.9. The molecule has 1 aromatic rings. The van der Waals surface area contributed by atoms with E-state index in [0.717, 1.165) is 31.3 Å². The number of aromatic nitrogens is 1. The topological polar surface area (TPSA) is 74.5 Å². The van der Waals surface area contributed by atoms with Crippen molar-refractivity contribution in [3.05, 3.63) is 4.88 Å². The van der Waals surface area contributed by atoms with Crippen LogP contribution in [0.25, 0.3) is 0 Å². The molecule has 1 aliphatic heterocycles. The maximum atomic E-state index is 12.5. The third kappa shape index (κ3) is 3.65. The van der Waals surface area contributed by atoms with E-state index in [4.69, 9.17) is 5.73 Å². The first-order chi connectivity index (χ1) is 10.1. The molecule has 0 aromatic carbocycles. The van der Waals surface area contributed by atoms with Gasteiger partial charge in [0.25, 0.3) is 5.91 Å². The van der Waals surface area contributed by atoms with Gasteiger partial charge >= 0.3 is 0 Å². The number of nitrogen functional groups attached to an aromatic ring is 1. The summed E-state index contributed by atoms with van der Waals surface area (Å²) < 4.78 is 0. The number of thiazole rings is 1. The lowest BCUT2D eigenvalue weighted by Crippen LogP contribution is -2.35. The first-order valence-electron chi connectivity index (χ1n) is 7.64. The molecule has 0 atom stereocenters. The third-order valence-electron chi connectivity index (χ3n) is 4.05. The molecule has 1 amide bonds. The van der Waals surface area contributed by atoms with E-state index in [1.54, 1.807) is 4.90 Å². The van der Waals surface area contributed by atoms with Gasteiger partial charge in [-0.05, 0) is 38.8 Å². The third-order valence-corrected chi connectivity index (χ3v) is 5.04. The van der Waals surface area contributed by atoms with Crippen molar-refractivity contribution >= 4 is 28.2 Å². The Morgan fingerprint density at radius 2 is 2.19 bits per heavy atom. The van der Waals surface area contributed by atoms with Crippen LogP contribution in [0.2, 0.25) is 0 Å². The van der Waals surface area contributed by atoms with Crippen LogP contribution in [-0.2, 0) is 0 Å². The standard InChI is InChI=1S/C14H23N5OS/c1-18(8-9-19-6-2-3-7-19)13(20)11-12(15)17-14(21-11)16-10-4-5-10/h10H,2-9,15H2,1H3,(H,16,17). The molecule has 3 N–H and O–H groups in total. The lowest BCUT2D eigenvalue weighted by atomic mass is 10.4. The van der Waals surface area contributed by atoms with E-state index < -0.39 is 0 Å². The minimum atomic E-state index is -0.0203. The van der Waals surface area contributed by atoms with Gasteiger partial charge < -0.3 is 20.9 Å². The van der Waals surface area contributed by atoms with Crippen molar-refractivity contribution in [1.82, 2.24) is 14.8 Å². The SMILES string of the molecule is CN(CCN1CCCC1)C(=O)c1sc(NC2CC2)nc1N. The van der Waals surface area contributed by atoms with Gasteiger partial charge in [-0.3, -0.25) is 4.79 Å². The van der Waals surface area contributed by atoms with E-state index in [1.165, 1.54) is 37.0 Å². The van der Waals surface area contributed by atoms with Gasteiger partial charge in [-0.1, -0.05) is 11.3 Å². The zero-order valence-corrected chi connectivity index (χ0v) is 13.3. The van der Waals surface area contributed by atoms with Crippen LogP contribution < -0.4 is 11.1 Å². The Labute approximate surface area is 129 Å². The van der Waals surface area contributed by atoms with Crippen molar-refractivity contribution in [2.24, 2.45) is 0 Å². The highest BCUT2D eigenvalue weighted by molar-refractivity contribution is 7.18. The Bertz CT molecular complexity index is 507. The molecule has 21 heavy (non-hydrogen) atoms. The molecule has 0 bridgehead atoms. The number of rotatable bonds is 6. The van der Waals surface area contributed by atoms with Crippen molar-refractivity contribution in [1.29, 1.82) is 0 Å². The zero-order valence-electron chi connectivity index (χ0n) is 12.5. The summed E-state index contributed by atoms with van der Waals surface area (Å²) in [5, 5.41) is 4.07. The second-order valence-corrected chi connectivity index (χ2v) is 6.93. The maximum absolute atomic E-state index is 12.5. The molecule has 7 heteroatoms. The molecular formula is C14H23N5OS. The number of nitrogens with one attached hydrogen (secondary N) is 1. The Hall–Kier alpha value is -1.34. The number of likely N-dealkylation sites (tertiary alicyclic amines) is 1. The predicted molar refractivity (Wildman–Crippen MR) is 85.8 cm³/mol. The molecule has 0 unspecified atom stereocenters. The molecule has 0 spiro atoms. The van der Waals surface area contributed by atoms with Gasteiger partial charge in [0.1, 0.15) is 10.7 Å². The Kier molecular flexibility index (Phi) is 4.30. The summed E-state index contributed by atoms with van der Waals surface area (Å²) in [5.41, 5.74) is 5.90. The van der Waals surface area contributed by atoms with Crippen molar-refractivity contribution in [3.8, 4) is 0 Å². The number of nitrogens with zero attached hydrogens (tertiary/aromatic N) is 3. The lowest BCUT2D eigenvalue weighted by Gasteiger charge is -2.21. The van der Waals surface area contributed by atoms with Gasteiger partial charge in [0, 0.05) is 26.2 Å². The zero-order chi connectivity index (χ0) is 14.8. The van der Waals surface area contributed by atoms with Gasteiger partial charge in [0.2, 0.25) is 0 Å². The van der Waals surface area contributed by atoms with Crippen LogP contribution in [0.1, 0.15) is 35.4 Å². The highest BCUT2D eigenvalue weighted by Crippen LogP contribution is 2.31. The van der Waals surface area contributed by atoms with E-state index in [-0.39, 0.29) is 5.91 Å². The van der Waals surface area contributed by atoms with Gasteiger partial charge in [0.15, 0.2) is 5.13 Å². The molecule has 2 aliphatic rings. The second kappa shape index (κ2) is 6.19. The minimum Gasteiger partial charge on any atom is -0.382 e. The van der Waals surface area contributed by atoms with E-state index in [9.17, 15) is 4.79 Å². The highest BCUT2D eigenvalue weighted by atomic mass is 32.1. The molecule has 0 radical (unpaired) electrons. The Morgan fingerprint density at radius 3 is 2.86 bits per heavy atom. The van der Waals surface area contributed by atoms with E-state index in [0.29, 0.717) is 16.7 Å². The van der Waals surface area contributed by atoms with Crippen LogP contribution in [0.15, 0.2) is 0 Å². The highest BCUT2D eigenvalue weighted by Gasteiger charge is 2.25. The Morgan fingerprint density at radius 1 is 1.48 bits per heavy atom. The van der Waals surface area contributed by atoms with Crippen molar-refractivity contribution in [3.63, 3.8) is 0 Å². The molecule has 2 fully saturated rings. The van der Waals surface area contributed by atoms with Crippen molar-refractivity contribution in [2.75, 3.05) is 44.3 Å². The van der Waals surface area contributed by atoms with Gasteiger partial charge in [-0.25, -0.2) is 4.98 Å². The summed E-state index contributed by atoms with van der Waals surface area (Å²) in [7, 11) is 1.84. The number of amides is 1. The van der Waals surface area contributed by atoms with Crippen LogP contribution in [-0.4, -0.2) is 60.0 Å². The average molecular weight is 309 g/mol. The van der Waals surface area contributed by atoms with Crippen LogP contribution in [0.3, 0.4) is 0 Å². The first kappa shape index (κ1) is 14.6. The summed E-state index contributed by atoms with van der Waals surface area (Å²) in [6.07, 6.45) is 4.91. The van der Waals surface area contributed by atoms with E-state index in [2.05, 4.69) is 15.2 Å². The average Bonchev–Trinajstić information content (AvgIpc) is 2.99. The number of carbonyl (C=O) groups excluding carboxylic acids is 1. The van der Waals surface area contributed by atoms with Crippen LogP contribution in [0, 0.1) is 0 Å². The molecule has 6 nitrogen and oxygen atoms in total. The lowest BCUT2D eigenvalue weighted by molar-refractivity contribution is 0.0788. The molecule has 2 heterocycles. The monoisotopic (exact) mass is 309 g/mol. The number of anilines is 2. The summed E-state index contributed by atoms with van der Waals surface area (Å²) in [6, 6.07) is 0.520. The number of hydrogen-bond donors (Lipinski definition) is 2. The maximum Gasteiger partial charge on any atom is 0.267 e. The fraction of sp³-hybridized carbons (Fsp3) is 0.714. The van der Waals surface area contributed by atoms with Crippen molar-refractivity contribution < 1.29 is 4.79 Å². The molecule has 1 aliphatic carbocycles. The number of likely N-dealkylation sites (N-methyl/N-ethyl adjacent to an activating group) is 1. The van der Waals surface area contributed by atoms with Gasteiger partial charge in [0.05, 0.1) is 0 Å². The number of hydrogen-bond acceptors (Lipinski definition) is 6. The second-order valence-electron chi connectivity index (χ2n) is 5.93. The molecule has 1 aromatic heterocycles. The summed E-state index contributed by atoms with van der Waals surface area (Å²) in [4.78, 5) is 21.4. The number of nitrogens with two attached hydrogens (primary N) is 1. The quantitative estimate of drug-likeness (QED) is 0.832.